The Labute approximate surface area is 122 Å². The van der Waals surface area contributed by atoms with E-state index in [1.54, 1.807) is 12.1 Å². The number of rotatable bonds is 3. The molecule has 0 aliphatic heterocycles. The third kappa shape index (κ3) is 3.49. The molecule has 20 heavy (non-hydrogen) atoms. The van der Waals surface area contributed by atoms with E-state index in [-0.39, 0.29) is 28.5 Å². The van der Waals surface area contributed by atoms with Crippen molar-refractivity contribution in [3.05, 3.63) is 28.8 Å². The Morgan fingerprint density at radius 3 is 2.45 bits per heavy atom. The molecular weight excluding hydrogens is 278 g/mol. The first kappa shape index (κ1) is 14.8. The molecule has 0 saturated heterocycles. The number of benzene rings is 1. The predicted molar refractivity (Wildman–Crippen MR) is 78.5 cm³/mol. The number of nitrogens with one attached hydrogen (secondary N) is 1. The van der Waals surface area contributed by atoms with E-state index < -0.39 is 5.91 Å². The Kier molecular flexibility index (Phi) is 4.62. The summed E-state index contributed by atoms with van der Waals surface area (Å²) >= 11 is 5.87. The molecule has 0 heterocycles. The van der Waals surface area contributed by atoms with Crippen molar-refractivity contribution in [1.82, 2.24) is 0 Å². The largest absolute Gasteiger partial charge is 0.366 e. The summed E-state index contributed by atoms with van der Waals surface area (Å²) in [6, 6.07) is 4.91. The molecule has 1 aromatic rings. The first-order chi connectivity index (χ1) is 9.47. The quantitative estimate of drug-likeness (QED) is 0.794. The average Bonchev–Trinajstić information content (AvgIpc) is 2.41. The second kappa shape index (κ2) is 6.24. The van der Waals surface area contributed by atoms with E-state index in [9.17, 15) is 9.59 Å². The topological polar surface area (TPSA) is 98.2 Å². The van der Waals surface area contributed by atoms with E-state index >= 15 is 0 Å². The van der Waals surface area contributed by atoms with Gasteiger partial charge in [0.2, 0.25) is 11.8 Å². The zero-order valence-corrected chi connectivity index (χ0v) is 11.8. The van der Waals surface area contributed by atoms with Gasteiger partial charge in [-0.15, -0.1) is 0 Å². The zero-order valence-electron chi connectivity index (χ0n) is 11.1. The highest BCUT2D eigenvalue weighted by atomic mass is 35.5. The number of hydrogen-bond donors (Lipinski definition) is 3. The standard InChI is InChI=1S/C14H18ClN3O2/c15-12-6-5-10(7-11(12)13(17)19)18-14(20)8-1-3-9(16)4-2-8/h5-9H,1-4,16H2,(H2,17,19)(H,18,20). The van der Waals surface area contributed by atoms with E-state index in [0.717, 1.165) is 25.7 Å². The molecule has 2 rings (SSSR count). The highest BCUT2D eigenvalue weighted by Gasteiger charge is 2.24. The average molecular weight is 296 g/mol. The van der Waals surface area contributed by atoms with Crippen molar-refractivity contribution in [2.45, 2.75) is 31.7 Å². The second-order valence-corrected chi connectivity index (χ2v) is 5.57. The Bertz CT molecular complexity index is 525. The number of primary amides is 1. The summed E-state index contributed by atoms with van der Waals surface area (Å²) in [5, 5.41) is 3.08. The molecule has 1 saturated carbocycles. The molecule has 108 valence electrons. The Balaban J connectivity index is 2.04. The number of carbonyl (C=O) groups excluding carboxylic acids is 2. The highest BCUT2D eigenvalue weighted by Crippen LogP contribution is 2.25. The molecule has 5 nitrogen and oxygen atoms in total. The summed E-state index contributed by atoms with van der Waals surface area (Å²) in [7, 11) is 0. The van der Waals surface area contributed by atoms with Gasteiger partial charge in [0.1, 0.15) is 0 Å². The van der Waals surface area contributed by atoms with Crippen molar-refractivity contribution in [3.8, 4) is 0 Å². The van der Waals surface area contributed by atoms with Gasteiger partial charge in [0.05, 0.1) is 10.6 Å². The van der Waals surface area contributed by atoms with Gasteiger partial charge in [-0.1, -0.05) is 11.6 Å². The molecule has 1 aliphatic carbocycles. The Hall–Kier alpha value is -1.59. The van der Waals surface area contributed by atoms with Crippen LogP contribution in [0.3, 0.4) is 0 Å². The van der Waals surface area contributed by atoms with Gasteiger partial charge >= 0.3 is 0 Å². The number of carbonyl (C=O) groups is 2. The van der Waals surface area contributed by atoms with Crippen molar-refractivity contribution >= 4 is 29.1 Å². The number of halogens is 1. The minimum atomic E-state index is -0.616. The Morgan fingerprint density at radius 2 is 1.85 bits per heavy atom. The molecule has 5 N–H and O–H groups in total. The van der Waals surface area contributed by atoms with Crippen LogP contribution in [0.2, 0.25) is 5.02 Å². The van der Waals surface area contributed by atoms with Crippen LogP contribution in [0.25, 0.3) is 0 Å². The van der Waals surface area contributed by atoms with Gasteiger partial charge in [0.25, 0.3) is 0 Å². The van der Waals surface area contributed by atoms with Crippen LogP contribution < -0.4 is 16.8 Å². The molecule has 2 amide bonds. The van der Waals surface area contributed by atoms with Gasteiger partial charge in [-0.25, -0.2) is 0 Å². The van der Waals surface area contributed by atoms with Crippen molar-refractivity contribution in [2.24, 2.45) is 17.4 Å². The minimum Gasteiger partial charge on any atom is -0.366 e. The lowest BCUT2D eigenvalue weighted by Crippen LogP contribution is -2.32. The van der Waals surface area contributed by atoms with E-state index in [2.05, 4.69) is 5.32 Å². The van der Waals surface area contributed by atoms with Crippen LogP contribution in [0, 0.1) is 5.92 Å². The molecule has 0 spiro atoms. The first-order valence-corrected chi connectivity index (χ1v) is 7.01. The smallest absolute Gasteiger partial charge is 0.250 e. The van der Waals surface area contributed by atoms with E-state index in [4.69, 9.17) is 23.1 Å². The summed E-state index contributed by atoms with van der Waals surface area (Å²) in [4.78, 5) is 23.3. The van der Waals surface area contributed by atoms with Gasteiger partial charge in [0, 0.05) is 17.6 Å². The minimum absolute atomic E-state index is 0.0255. The summed E-state index contributed by atoms with van der Waals surface area (Å²) in [6.07, 6.45) is 3.32. The predicted octanol–water partition coefficient (Wildman–Crippen LogP) is 1.89. The van der Waals surface area contributed by atoms with Gasteiger partial charge in [0.15, 0.2) is 0 Å². The van der Waals surface area contributed by atoms with Crippen LogP contribution >= 0.6 is 11.6 Å². The molecule has 0 bridgehead atoms. The molecule has 1 aliphatic rings. The monoisotopic (exact) mass is 295 g/mol. The lowest BCUT2D eigenvalue weighted by atomic mass is 9.86. The van der Waals surface area contributed by atoms with Crippen LogP contribution in [-0.2, 0) is 4.79 Å². The summed E-state index contributed by atoms with van der Waals surface area (Å²) in [5.41, 5.74) is 11.8. The zero-order chi connectivity index (χ0) is 14.7. The molecule has 0 unspecified atom stereocenters. The fraction of sp³-hybridized carbons (Fsp3) is 0.429. The van der Waals surface area contributed by atoms with Crippen LogP contribution in [0.1, 0.15) is 36.0 Å². The Morgan fingerprint density at radius 1 is 1.20 bits per heavy atom. The summed E-state index contributed by atoms with van der Waals surface area (Å²) in [5.74, 6) is -0.688. The number of hydrogen-bond acceptors (Lipinski definition) is 3. The maximum atomic E-state index is 12.1. The maximum Gasteiger partial charge on any atom is 0.250 e. The van der Waals surface area contributed by atoms with E-state index in [1.165, 1.54) is 6.07 Å². The van der Waals surface area contributed by atoms with Crippen LogP contribution in [0.4, 0.5) is 5.69 Å². The van der Waals surface area contributed by atoms with Crippen molar-refractivity contribution in [1.29, 1.82) is 0 Å². The third-order valence-corrected chi connectivity index (χ3v) is 3.97. The van der Waals surface area contributed by atoms with Crippen molar-refractivity contribution < 1.29 is 9.59 Å². The lowest BCUT2D eigenvalue weighted by molar-refractivity contribution is -0.120. The van der Waals surface area contributed by atoms with Crippen LogP contribution in [0.5, 0.6) is 0 Å². The summed E-state index contributed by atoms with van der Waals surface area (Å²) < 4.78 is 0. The van der Waals surface area contributed by atoms with Gasteiger partial charge in [-0.3, -0.25) is 9.59 Å². The number of amides is 2. The molecule has 0 aromatic heterocycles. The van der Waals surface area contributed by atoms with Crippen LogP contribution in [0.15, 0.2) is 18.2 Å². The van der Waals surface area contributed by atoms with Gasteiger partial charge in [-0.2, -0.15) is 0 Å². The molecular formula is C14H18ClN3O2. The summed E-state index contributed by atoms with van der Waals surface area (Å²) in [6.45, 7) is 0. The molecule has 1 fully saturated rings. The third-order valence-electron chi connectivity index (χ3n) is 3.64. The fourth-order valence-electron chi connectivity index (χ4n) is 2.42. The van der Waals surface area contributed by atoms with Crippen molar-refractivity contribution in [2.75, 3.05) is 5.32 Å². The molecule has 0 radical (unpaired) electrons. The first-order valence-electron chi connectivity index (χ1n) is 6.63. The number of anilines is 1. The lowest BCUT2D eigenvalue weighted by Gasteiger charge is -2.25. The highest BCUT2D eigenvalue weighted by molar-refractivity contribution is 6.34. The van der Waals surface area contributed by atoms with E-state index in [1.807, 2.05) is 0 Å². The van der Waals surface area contributed by atoms with Gasteiger partial charge < -0.3 is 16.8 Å². The molecule has 1 aromatic carbocycles. The number of nitrogens with two attached hydrogens (primary N) is 2. The second-order valence-electron chi connectivity index (χ2n) is 5.16. The normalized spacial score (nSPS) is 22.3. The van der Waals surface area contributed by atoms with Crippen molar-refractivity contribution in [3.63, 3.8) is 0 Å². The van der Waals surface area contributed by atoms with Gasteiger partial charge in [-0.05, 0) is 43.9 Å². The maximum absolute atomic E-state index is 12.1. The van der Waals surface area contributed by atoms with E-state index in [0.29, 0.717) is 5.69 Å². The molecule has 0 atom stereocenters. The molecule has 6 heteroatoms. The SMILES string of the molecule is NC(=O)c1cc(NC(=O)C2CCC(N)CC2)ccc1Cl. The fourth-order valence-corrected chi connectivity index (χ4v) is 2.63. The van der Waals surface area contributed by atoms with Crippen LogP contribution in [-0.4, -0.2) is 17.9 Å².